The van der Waals surface area contributed by atoms with Gasteiger partial charge >= 0.3 is 6.18 Å². The predicted octanol–water partition coefficient (Wildman–Crippen LogP) is 2.60. The maximum Gasteiger partial charge on any atom is 0.391 e. The highest BCUT2D eigenvalue weighted by Gasteiger charge is 2.44. The molecular formula is C13H23F3N2O. The van der Waals surface area contributed by atoms with Crippen molar-refractivity contribution in [3.8, 4) is 0 Å². The molecule has 1 aliphatic rings. The van der Waals surface area contributed by atoms with Gasteiger partial charge in [-0.2, -0.15) is 13.2 Å². The second-order valence-electron chi connectivity index (χ2n) is 6.10. The minimum absolute atomic E-state index is 0.107. The van der Waals surface area contributed by atoms with Gasteiger partial charge in [0.15, 0.2) is 0 Å². The zero-order valence-electron chi connectivity index (χ0n) is 11.7. The molecule has 6 heteroatoms. The summed E-state index contributed by atoms with van der Waals surface area (Å²) in [6.07, 6.45) is -3.21. The molecule has 112 valence electrons. The van der Waals surface area contributed by atoms with Crippen LogP contribution in [0.1, 0.15) is 46.5 Å². The van der Waals surface area contributed by atoms with Crippen LogP contribution in [0, 0.1) is 11.8 Å². The Morgan fingerprint density at radius 3 is 2.37 bits per heavy atom. The molecule has 0 aromatic heterocycles. The molecule has 3 nitrogen and oxygen atoms in total. The molecule has 0 heterocycles. The predicted molar refractivity (Wildman–Crippen MR) is 67.4 cm³/mol. The van der Waals surface area contributed by atoms with Gasteiger partial charge < -0.3 is 11.1 Å². The quantitative estimate of drug-likeness (QED) is 0.835. The first-order valence-corrected chi connectivity index (χ1v) is 6.68. The van der Waals surface area contributed by atoms with Crippen LogP contribution in [0.4, 0.5) is 13.2 Å². The van der Waals surface area contributed by atoms with Gasteiger partial charge in [-0.3, -0.25) is 4.79 Å². The number of rotatable bonds is 3. The average molecular weight is 280 g/mol. The van der Waals surface area contributed by atoms with Crippen LogP contribution in [0.2, 0.25) is 0 Å². The minimum Gasteiger partial charge on any atom is -0.349 e. The average Bonchev–Trinajstić information content (AvgIpc) is 2.27. The number of halogens is 3. The number of carbonyl (C=O) groups excluding carboxylic acids is 1. The van der Waals surface area contributed by atoms with Crippen molar-refractivity contribution < 1.29 is 18.0 Å². The third kappa shape index (κ3) is 4.37. The van der Waals surface area contributed by atoms with Crippen molar-refractivity contribution in [2.24, 2.45) is 17.6 Å². The van der Waals surface area contributed by atoms with Gasteiger partial charge in [-0.05, 0) is 40.0 Å². The van der Waals surface area contributed by atoms with Gasteiger partial charge in [0.1, 0.15) is 0 Å². The Morgan fingerprint density at radius 2 is 1.89 bits per heavy atom. The third-order valence-electron chi connectivity index (χ3n) is 4.09. The molecule has 1 saturated carbocycles. The Kier molecular flexibility index (Phi) is 4.87. The van der Waals surface area contributed by atoms with E-state index in [4.69, 9.17) is 5.73 Å². The molecule has 1 fully saturated rings. The molecule has 0 aliphatic heterocycles. The molecule has 0 aromatic rings. The van der Waals surface area contributed by atoms with Gasteiger partial charge in [-0.15, -0.1) is 0 Å². The largest absolute Gasteiger partial charge is 0.391 e. The Balaban J connectivity index is 2.63. The number of hydrogen-bond donors (Lipinski definition) is 2. The summed E-state index contributed by atoms with van der Waals surface area (Å²) in [7, 11) is 0. The van der Waals surface area contributed by atoms with E-state index in [1.807, 2.05) is 0 Å². The smallest absolute Gasteiger partial charge is 0.349 e. The van der Waals surface area contributed by atoms with Gasteiger partial charge in [-0.25, -0.2) is 0 Å². The molecular weight excluding hydrogens is 257 g/mol. The summed E-state index contributed by atoms with van der Waals surface area (Å²) in [6.45, 7) is 5.32. The summed E-state index contributed by atoms with van der Waals surface area (Å²) >= 11 is 0. The van der Waals surface area contributed by atoms with E-state index in [0.29, 0.717) is 12.8 Å². The lowest BCUT2D eigenvalue weighted by molar-refractivity contribution is -0.186. The van der Waals surface area contributed by atoms with Crippen molar-refractivity contribution in [1.82, 2.24) is 5.32 Å². The summed E-state index contributed by atoms with van der Waals surface area (Å²) in [5.41, 5.74) is 5.14. The van der Waals surface area contributed by atoms with Crippen molar-refractivity contribution in [3.63, 3.8) is 0 Å². The van der Waals surface area contributed by atoms with Gasteiger partial charge in [0.2, 0.25) is 5.91 Å². The van der Waals surface area contributed by atoms with Crippen molar-refractivity contribution >= 4 is 5.91 Å². The van der Waals surface area contributed by atoms with Crippen molar-refractivity contribution in [3.05, 3.63) is 0 Å². The van der Waals surface area contributed by atoms with Crippen LogP contribution in [0.5, 0.6) is 0 Å². The number of hydrogen-bond acceptors (Lipinski definition) is 2. The minimum atomic E-state index is -4.20. The maximum atomic E-state index is 12.7. The number of amides is 1. The Labute approximate surface area is 112 Å². The van der Waals surface area contributed by atoms with Crippen LogP contribution in [-0.2, 0) is 4.79 Å². The lowest BCUT2D eigenvalue weighted by Crippen LogP contribution is -2.56. The Hall–Kier alpha value is -0.780. The molecule has 0 bridgehead atoms. The van der Waals surface area contributed by atoms with Gasteiger partial charge in [-0.1, -0.05) is 6.42 Å². The van der Waals surface area contributed by atoms with Crippen molar-refractivity contribution in [2.45, 2.75) is 64.2 Å². The van der Waals surface area contributed by atoms with E-state index in [1.54, 1.807) is 20.8 Å². The summed E-state index contributed by atoms with van der Waals surface area (Å²) < 4.78 is 38.1. The summed E-state index contributed by atoms with van der Waals surface area (Å²) in [5, 5.41) is 2.77. The molecule has 0 saturated heterocycles. The zero-order valence-corrected chi connectivity index (χ0v) is 11.7. The van der Waals surface area contributed by atoms with Crippen LogP contribution in [0.15, 0.2) is 0 Å². The normalized spacial score (nSPS) is 26.9. The molecule has 1 amide bonds. The monoisotopic (exact) mass is 280 g/mol. The maximum absolute atomic E-state index is 12.7. The molecule has 3 N–H and O–H groups in total. The highest BCUT2D eigenvalue weighted by atomic mass is 19.4. The summed E-state index contributed by atoms with van der Waals surface area (Å²) in [5.74, 6) is -2.22. The molecule has 0 spiro atoms. The molecule has 1 aliphatic carbocycles. The Bertz CT molecular complexity index is 326. The van der Waals surface area contributed by atoms with Crippen LogP contribution in [0.25, 0.3) is 0 Å². The summed E-state index contributed by atoms with van der Waals surface area (Å²) in [4.78, 5) is 12.1. The zero-order chi connectivity index (χ0) is 14.8. The highest BCUT2D eigenvalue weighted by Crippen LogP contribution is 2.40. The highest BCUT2D eigenvalue weighted by molar-refractivity contribution is 5.79. The van der Waals surface area contributed by atoms with Crippen LogP contribution >= 0.6 is 0 Å². The van der Waals surface area contributed by atoms with Crippen molar-refractivity contribution in [2.75, 3.05) is 0 Å². The van der Waals surface area contributed by atoms with E-state index < -0.39 is 23.6 Å². The first-order chi connectivity index (χ1) is 8.54. The molecule has 0 aromatic carbocycles. The number of nitrogens with one attached hydrogen (secondary N) is 1. The molecule has 0 radical (unpaired) electrons. The van der Waals surface area contributed by atoms with E-state index in [1.165, 1.54) is 0 Å². The molecule has 3 atom stereocenters. The van der Waals surface area contributed by atoms with E-state index >= 15 is 0 Å². The first-order valence-electron chi connectivity index (χ1n) is 6.68. The van der Waals surface area contributed by atoms with E-state index in [-0.39, 0.29) is 24.8 Å². The molecule has 3 unspecified atom stereocenters. The van der Waals surface area contributed by atoms with E-state index in [0.717, 1.165) is 0 Å². The fourth-order valence-electron chi connectivity index (χ4n) is 2.26. The molecule has 19 heavy (non-hydrogen) atoms. The van der Waals surface area contributed by atoms with Gasteiger partial charge in [0.05, 0.1) is 5.92 Å². The number of nitrogens with two attached hydrogens (primary N) is 1. The number of carbonyl (C=O) groups is 1. The lowest BCUT2D eigenvalue weighted by atomic mass is 9.80. The van der Waals surface area contributed by atoms with Crippen LogP contribution in [0.3, 0.4) is 0 Å². The second kappa shape index (κ2) is 5.69. The summed E-state index contributed by atoms with van der Waals surface area (Å²) in [6, 6.07) is -0.265. The van der Waals surface area contributed by atoms with Crippen molar-refractivity contribution in [1.29, 1.82) is 0 Å². The van der Waals surface area contributed by atoms with Crippen LogP contribution in [-0.4, -0.2) is 23.7 Å². The second-order valence-corrected chi connectivity index (χ2v) is 6.10. The fourth-order valence-corrected chi connectivity index (χ4v) is 2.26. The number of alkyl halides is 3. The third-order valence-corrected chi connectivity index (χ3v) is 4.09. The van der Waals surface area contributed by atoms with E-state index in [9.17, 15) is 18.0 Å². The topological polar surface area (TPSA) is 55.1 Å². The first kappa shape index (κ1) is 16.3. The standard InChI is InChI=1S/C13H23F3N2O/c1-8(17)12(2,3)18-11(19)9-5-4-6-10(7-9)13(14,15)16/h8-10H,4-7,17H2,1-3H3,(H,18,19). The van der Waals surface area contributed by atoms with Gasteiger partial charge in [0.25, 0.3) is 0 Å². The van der Waals surface area contributed by atoms with Crippen LogP contribution < -0.4 is 11.1 Å². The Morgan fingerprint density at radius 1 is 1.32 bits per heavy atom. The lowest BCUT2D eigenvalue weighted by Gasteiger charge is -2.35. The fraction of sp³-hybridized carbons (Fsp3) is 0.923. The van der Waals surface area contributed by atoms with E-state index in [2.05, 4.69) is 5.32 Å². The SMILES string of the molecule is CC(N)C(C)(C)NC(=O)C1CCCC(C(F)(F)F)C1. The molecule has 1 rings (SSSR count). The van der Waals surface area contributed by atoms with Gasteiger partial charge in [0, 0.05) is 17.5 Å².